The van der Waals surface area contributed by atoms with Gasteiger partial charge in [0.1, 0.15) is 10.6 Å². The van der Waals surface area contributed by atoms with Crippen molar-refractivity contribution in [1.82, 2.24) is 4.31 Å². The highest BCUT2D eigenvalue weighted by Gasteiger charge is 2.27. The Hall–Kier alpha value is -2.09. The molecule has 0 radical (unpaired) electrons. The highest BCUT2D eigenvalue weighted by Crippen LogP contribution is 2.29. The van der Waals surface area contributed by atoms with E-state index in [1.165, 1.54) is 19.2 Å². The van der Waals surface area contributed by atoms with Gasteiger partial charge < -0.3 is 10.1 Å². The van der Waals surface area contributed by atoms with Crippen molar-refractivity contribution in [2.45, 2.75) is 25.7 Å². The molecule has 2 rings (SSSR count). The zero-order chi connectivity index (χ0) is 20.2. The maximum Gasteiger partial charge on any atom is 0.247 e. The lowest BCUT2D eigenvalue weighted by molar-refractivity contribution is -0.116. The fraction of sp³-hybridized carbons (Fsp3) is 0.316. The molecule has 2 aromatic rings. The van der Waals surface area contributed by atoms with Gasteiger partial charge in [-0.15, -0.1) is 0 Å². The number of benzene rings is 2. The van der Waals surface area contributed by atoms with E-state index in [-0.39, 0.29) is 22.2 Å². The van der Waals surface area contributed by atoms with Crippen molar-refractivity contribution < 1.29 is 17.9 Å². The van der Waals surface area contributed by atoms with E-state index in [9.17, 15) is 13.2 Å². The highest BCUT2D eigenvalue weighted by molar-refractivity contribution is 7.89. The number of hydrogen-bond donors (Lipinski definition) is 1. The maximum atomic E-state index is 12.9. The fourth-order valence-electron chi connectivity index (χ4n) is 2.56. The zero-order valence-electron chi connectivity index (χ0n) is 15.7. The van der Waals surface area contributed by atoms with Gasteiger partial charge in [0.05, 0.1) is 13.2 Å². The number of anilines is 1. The average Bonchev–Trinajstić information content (AvgIpc) is 2.59. The van der Waals surface area contributed by atoms with Crippen molar-refractivity contribution in [1.29, 1.82) is 0 Å². The molecule has 0 aliphatic rings. The number of hydrogen-bond acceptors (Lipinski definition) is 4. The summed E-state index contributed by atoms with van der Waals surface area (Å²) in [7, 11) is -2.61. The molecule has 0 saturated carbocycles. The smallest absolute Gasteiger partial charge is 0.247 e. The predicted octanol–water partition coefficient (Wildman–Crippen LogP) is 3.61. The number of nitrogens with one attached hydrogen (secondary N) is 1. The lowest BCUT2D eigenvalue weighted by atomic mass is 10.1. The number of likely N-dealkylation sites (N-methyl/N-ethyl adjacent to an activating group) is 1. The minimum atomic E-state index is -3.96. The van der Waals surface area contributed by atoms with E-state index in [0.29, 0.717) is 12.3 Å². The van der Waals surface area contributed by atoms with Gasteiger partial charge in [0, 0.05) is 17.8 Å². The minimum absolute atomic E-state index is 0.0707. The molecule has 146 valence electrons. The second-order valence-electron chi connectivity index (χ2n) is 6.15. The fourth-order valence-corrected chi connectivity index (χ4v) is 4.07. The SMILES string of the molecule is CCOc1ccc(Cl)cc1S(=O)(=O)N(C)CC(=O)Nc1ccc(C)cc1C. The zero-order valence-corrected chi connectivity index (χ0v) is 17.3. The second kappa shape index (κ2) is 8.73. The van der Waals surface area contributed by atoms with Crippen LogP contribution in [0.3, 0.4) is 0 Å². The lowest BCUT2D eigenvalue weighted by Crippen LogP contribution is -2.35. The number of sulfonamides is 1. The molecule has 8 heteroatoms. The summed E-state index contributed by atoms with van der Waals surface area (Å²) < 4.78 is 32.1. The van der Waals surface area contributed by atoms with Crippen LogP contribution in [0, 0.1) is 13.8 Å². The molecule has 0 spiro atoms. The maximum absolute atomic E-state index is 12.9. The summed E-state index contributed by atoms with van der Waals surface area (Å²) in [5, 5.41) is 3.01. The molecule has 0 aliphatic carbocycles. The van der Waals surface area contributed by atoms with E-state index in [4.69, 9.17) is 16.3 Å². The molecule has 27 heavy (non-hydrogen) atoms. The Morgan fingerprint density at radius 1 is 1.19 bits per heavy atom. The molecule has 0 saturated heterocycles. The Balaban J connectivity index is 2.20. The number of aryl methyl sites for hydroxylation is 2. The van der Waals surface area contributed by atoms with Crippen LogP contribution in [0.1, 0.15) is 18.1 Å². The summed E-state index contributed by atoms with van der Waals surface area (Å²) in [4.78, 5) is 12.3. The van der Waals surface area contributed by atoms with Gasteiger partial charge in [0.15, 0.2) is 0 Å². The molecule has 2 aromatic carbocycles. The summed E-state index contributed by atoms with van der Waals surface area (Å²) in [6.45, 7) is 5.56. The van der Waals surface area contributed by atoms with Gasteiger partial charge in [0.2, 0.25) is 15.9 Å². The van der Waals surface area contributed by atoms with Gasteiger partial charge in [-0.2, -0.15) is 4.31 Å². The average molecular weight is 411 g/mol. The molecule has 0 atom stereocenters. The van der Waals surface area contributed by atoms with Gasteiger partial charge >= 0.3 is 0 Å². The van der Waals surface area contributed by atoms with Crippen LogP contribution >= 0.6 is 11.6 Å². The van der Waals surface area contributed by atoms with Crippen molar-refractivity contribution in [2.75, 3.05) is 25.5 Å². The Morgan fingerprint density at radius 3 is 2.52 bits per heavy atom. The number of carbonyl (C=O) groups is 1. The summed E-state index contributed by atoms with van der Waals surface area (Å²) in [6, 6.07) is 9.99. The van der Waals surface area contributed by atoms with Gasteiger partial charge in [-0.05, 0) is 50.6 Å². The van der Waals surface area contributed by atoms with E-state index < -0.39 is 15.9 Å². The van der Waals surface area contributed by atoms with Gasteiger partial charge in [-0.1, -0.05) is 29.3 Å². The topological polar surface area (TPSA) is 75.7 Å². The third-order valence-electron chi connectivity index (χ3n) is 3.92. The molecule has 0 heterocycles. The minimum Gasteiger partial charge on any atom is -0.492 e. The highest BCUT2D eigenvalue weighted by atomic mass is 35.5. The van der Waals surface area contributed by atoms with Crippen LogP contribution in [0.15, 0.2) is 41.3 Å². The van der Waals surface area contributed by atoms with Gasteiger partial charge in [-0.25, -0.2) is 8.42 Å². The molecule has 1 N–H and O–H groups in total. The second-order valence-corrected chi connectivity index (χ2v) is 8.60. The largest absolute Gasteiger partial charge is 0.492 e. The summed E-state index contributed by atoms with van der Waals surface area (Å²) in [5.74, 6) is -0.239. The molecule has 0 fully saturated rings. The van der Waals surface area contributed by atoms with E-state index in [0.717, 1.165) is 15.4 Å². The Labute approximate surface area is 165 Å². The van der Waals surface area contributed by atoms with Crippen LogP contribution in [-0.4, -0.2) is 38.8 Å². The molecule has 0 unspecified atom stereocenters. The molecule has 6 nitrogen and oxygen atoms in total. The first-order valence-corrected chi connectivity index (χ1v) is 10.2. The quantitative estimate of drug-likeness (QED) is 0.756. The summed E-state index contributed by atoms with van der Waals surface area (Å²) in [6.07, 6.45) is 0. The third kappa shape index (κ3) is 5.22. The third-order valence-corrected chi connectivity index (χ3v) is 5.98. The monoisotopic (exact) mass is 410 g/mol. The van der Waals surface area contributed by atoms with E-state index in [1.54, 1.807) is 19.1 Å². The molecular formula is C19H23ClN2O4S. The number of carbonyl (C=O) groups excluding carboxylic acids is 1. The number of ether oxygens (including phenoxy) is 1. The first kappa shape index (κ1) is 21.2. The molecule has 0 bridgehead atoms. The van der Waals surface area contributed by atoms with Crippen LogP contribution in [0.5, 0.6) is 5.75 Å². The van der Waals surface area contributed by atoms with Gasteiger partial charge in [-0.3, -0.25) is 4.79 Å². The molecule has 0 aliphatic heterocycles. The first-order chi connectivity index (χ1) is 12.6. The summed E-state index contributed by atoms with van der Waals surface area (Å²) >= 11 is 5.95. The van der Waals surface area contributed by atoms with Crippen LogP contribution in [-0.2, 0) is 14.8 Å². The van der Waals surface area contributed by atoms with Gasteiger partial charge in [0.25, 0.3) is 0 Å². The van der Waals surface area contributed by atoms with Crippen LogP contribution in [0.25, 0.3) is 0 Å². The van der Waals surface area contributed by atoms with Crippen molar-refractivity contribution in [3.63, 3.8) is 0 Å². The van der Waals surface area contributed by atoms with Crippen LogP contribution in [0.4, 0.5) is 5.69 Å². The normalized spacial score (nSPS) is 11.5. The molecule has 1 amide bonds. The van der Waals surface area contributed by atoms with E-state index >= 15 is 0 Å². The standard InChI is InChI=1S/C19H23ClN2O4S/c1-5-26-17-9-7-15(20)11-18(17)27(24,25)22(4)12-19(23)21-16-8-6-13(2)10-14(16)3/h6-11H,5,12H2,1-4H3,(H,21,23). The van der Waals surface area contributed by atoms with Crippen molar-refractivity contribution in [2.24, 2.45) is 0 Å². The Morgan fingerprint density at radius 2 is 1.89 bits per heavy atom. The number of rotatable bonds is 7. The van der Waals surface area contributed by atoms with Crippen molar-refractivity contribution in [3.8, 4) is 5.75 Å². The molecule has 0 aromatic heterocycles. The molecular weight excluding hydrogens is 388 g/mol. The lowest BCUT2D eigenvalue weighted by Gasteiger charge is -2.19. The van der Waals surface area contributed by atoms with Crippen molar-refractivity contribution >= 4 is 33.2 Å². The van der Waals surface area contributed by atoms with Crippen molar-refractivity contribution in [3.05, 3.63) is 52.5 Å². The Kier molecular flexibility index (Phi) is 6.86. The van der Waals surface area contributed by atoms with Crippen LogP contribution < -0.4 is 10.1 Å². The van der Waals surface area contributed by atoms with E-state index in [2.05, 4.69) is 5.32 Å². The number of amides is 1. The predicted molar refractivity (Wildman–Crippen MR) is 107 cm³/mol. The Bertz CT molecular complexity index is 945. The first-order valence-electron chi connectivity index (χ1n) is 8.41. The number of halogens is 1. The summed E-state index contributed by atoms with van der Waals surface area (Å²) in [5.41, 5.74) is 2.63. The van der Waals surface area contributed by atoms with E-state index in [1.807, 2.05) is 26.0 Å². The van der Waals surface area contributed by atoms with Crippen LogP contribution in [0.2, 0.25) is 5.02 Å². The number of nitrogens with zero attached hydrogens (tertiary/aromatic N) is 1.